The average Bonchev–Trinajstić information content (AvgIpc) is 2.38. The second kappa shape index (κ2) is 6.07. The van der Waals surface area contributed by atoms with E-state index < -0.39 is 10.8 Å². The van der Waals surface area contributed by atoms with Crippen molar-refractivity contribution in [3.8, 4) is 0 Å². The normalized spacial score (nSPS) is 17.4. The second-order valence-electron chi connectivity index (χ2n) is 3.98. The van der Waals surface area contributed by atoms with Crippen LogP contribution in [0, 0.1) is 0 Å². The number of rotatable bonds is 4. The fourth-order valence-electron chi connectivity index (χ4n) is 1.72. The lowest BCUT2D eigenvalue weighted by Gasteiger charge is -2.26. The van der Waals surface area contributed by atoms with Crippen molar-refractivity contribution in [2.45, 2.75) is 13.5 Å². The first-order valence-corrected chi connectivity index (χ1v) is 7.40. The minimum atomic E-state index is -0.643. The lowest BCUT2D eigenvalue weighted by molar-refractivity contribution is 0.671. The van der Waals surface area contributed by atoms with Gasteiger partial charge in [0.15, 0.2) is 0 Å². The molecule has 0 atom stereocenters. The second-order valence-corrected chi connectivity index (χ2v) is 5.68. The number of hydrogen-bond acceptors (Lipinski definition) is 5. The van der Waals surface area contributed by atoms with Gasteiger partial charge < -0.3 is 10.2 Å². The molecular formula is C11H18N4OS. The quantitative estimate of drug-likeness (QED) is 0.829. The van der Waals surface area contributed by atoms with Gasteiger partial charge in [-0.15, -0.1) is 0 Å². The van der Waals surface area contributed by atoms with E-state index in [4.69, 9.17) is 0 Å². The van der Waals surface area contributed by atoms with Gasteiger partial charge in [0.05, 0.1) is 18.1 Å². The molecule has 0 spiro atoms. The summed E-state index contributed by atoms with van der Waals surface area (Å²) in [4.78, 5) is 10.9. The number of nitrogens with zero attached hydrogens (tertiary/aromatic N) is 3. The Bertz CT molecular complexity index is 372. The highest BCUT2D eigenvalue weighted by Crippen LogP contribution is 2.11. The standard InChI is InChI=1S/C11H18N4OS/c1-2-12-7-10-8-14-11(9-13-10)15-3-5-17(16)6-4-15/h8-9,12H,2-7H2,1H3. The lowest BCUT2D eigenvalue weighted by atomic mass is 10.4. The van der Waals surface area contributed by atoms with Crippen LogP contribution in [0.4, 0.5) is 5.82 Å². The van der Waals surface area contributed by atoms with Gasteiger partial charge in [-0.05, 0) is 6.54 Å². The van der Waals surface area contributed by atoms with Crippen molar-refractivity contribution < 1.29 is 4.21 Å². The van der Waals surface area contributed by atoms with E-state index in [1.165, 1.54) is 0 Å². The van der Waals surface area contributed by atoms with Crippen molar-refractivity contribution in [3.63, 3.8) is 0 Å². The molecule has 0 aliphatic carbocycles. The molecule has 17 heavy (non-hydrogen) atoms. The summed E-state index contributed by atoms with van der Waals surface area (Å²) in [5.74, 6) is 2.36. The maximum Gasteiger partial charge on any atom is 0.147 e. The first-order chi connectivity index (χ1) is 8.29. The third-order valence-corrected chi connectivity index (χ3v) is 4.03. The molecule has 0 bridgehead atoms. The van der Waals surface area contributed by atoms with Crippen LogP contribution in [0.2, 0.25) is 0 Å². The topological polar surface area (TPSA) is 58.1 Å². The first-order valence-electron chi connectivity index (χ1n) is 5.91. The Morgan fingerprint density at radius 3 is 2.71 bits per heavy atom. The SMILES string of the molecule is CCNCc1cnc(N2CCS(=O)CC2)cn1. The van der Waals surface area contributed by atoms with Gasteiger partial charge in [0.1, 0.15) is 5.82 Å². The molecule has 1 fully saturated rings. The van der Waals surface area contributed by atoms with Gasteiger partial charge in [-0.2, -0.15) is 0 Å². The fourth-order valence-corrected chi connectivity index (χ4v) is 2.77. The minimum absolute atomic E-state index is 0.643. The smallest absolute Gasteiger partial charge is 0.147 e. The van der Waals surface area contributed by atoms with Crippen LogP contribution >= 0.6 is 0 Å². The molecule has 5 nitrogen and oxygen atoms in total. The molecule has 0 radical (unpaired) electrons. The Morgan fingerprint density at radius 2 is 2.12 bits per heavy atom. The molecule has 6 heteroatoms. The van der Waals surface area contributed by atoms with E-state index in [2.05, 4.69) is 27.1 Å². The van der Waals surface area contributed by atoms with E-state index in [1.54, 1.807) is 6.20 Å². The Kier molecular flexibility index (Phi) is 4.44. The highest BCUT2D eigenvalue weighted by molar-refractivity contribution is 7.85. The average molecular weight is 254 g/mol. The summed E-state index contributed by atoms with van der Waals surface area (Å²) in [7, 11) is -0.643. The molecule has 94 valence electrons. The molecule has 1 N–H and O–H groups in total. The van der Waals surface area contributed by atoms with Gasteiger partial charge in [-0.25, -0.2) is 4.98 Å². The van der Waals surface area contributed by atoms with Gasteiger partial charge in [0.25, 0.3) is 0 Å². The number of anilines is 1. The van der Waals surface area contributed by atoms with Crippen LogP contribution in [-0.2, 0) is 17.3 Å². The predicted molar refractivity (Wildman–Crippen MR) is 69.5 cm³/mol. The van der Waals surface area contributed by atoms with Crippen LogP contribution in [0.3, 0.4) is 0 Å². The molecule has 1 aromatic rings. The largest absolute Gasteiger partial charge is 0.354 e. The summed E-state index contributed by atoms with van der Waals surface area (Å²) >= 11 is 0. The predicted octanol–water partition coefficient (Wildman–Crippen LogP) is 0.155. The number of hydrogen-bond donors (Lipinski definition) is 1. The maximum atomic E-state index is 11.3. The zero-order valence-electron chi connectivity index (χ0n) is 10.1. The van der Waals surface area contributed by atoms with E-state index in [0.717, 1.165) is 49.2 Å². The van der Waals surface area contributed by atoms with Crippen LogP contribution in [0.25, 0.3) is 0 Å². The molecule has 1 aromatic heterocycles. The molecule has 2 rings (SSSR count). The van der Waals surface area contributed by atoms with E-state index >= 15 is 0 Å². The van der Waals surface area contributed by atoms with E-state index in [1.807, 2.05) is 6.20 Å². The van der Waals surface area contributed by atoms with Gasteiger partial charge in [-0.1, -0.05) is 6.92 Å². The van der Waals surface area contributed by atoms with Crippen molar-refractivity contribution in [2.75, 3.05) is 36.0 Å². The van der Waals surface area contributed by atoms with Crippen molar-refractivity contribution in [1.82, 2.24) is 15.3 Å². The van der Waals surface area contributed by atoms with Crippen molar-refractivity contribution in [2.24, 2.45) is 0 Å². The molecule has 0 saturated carbocycles. The van der Waals surface area contributed by atoms with Gasteiger partial charge in [0.2, 0.25) is 0 Å². The van der Waals surface area contributed by atoms with Crippen molar-refractivity contribution in [1.29, 1.82) is 0 Å². The fraction of sp³-hybridized carbons (Fsp3) is 0.636. The molecule has 1 aliphatic heterocycles. The molecular weight excluding hydrogens is 236 g/mol. The Labute approximate surface area is 104 Å². The minimum Gasteiger partial charge on any atom is -0.354 e. The monoisotopic (exact) mass is 254 g/mol. The van der Waals surface area contributed by atoms with Crippen LogP contribution < -0.4 is 10.2 Å². The van der Waals surface area contributed by atoms with E-state index in [9.17, 15) is 4.21 Å². The maximum absolute atomic E-state index is 11.3. The third-order valence-electron chi connectivity index (χ3n) is 2.75. The Hall–Kier alpha value is -1.01. The summed E-state index contributed by atoms with van der Waals surface area (Å²) < 4.78 is 11.3. The molecule has 0 amide bonds. The van der Waals surface area contributed by atoms with Crippen LogP contribution in [-0.4, -0.2) is 45.3 Å². The van der Waals surface area contributed by atoms with Crippen LogP contribution in [0.1, 0.15) is 12.6 Å². The Balaban J connectivity index is 1.95. The molecule has 1 saturated heterocycles. The van der Waals surface area contributed by atoms with Gasteiger partial charge in [-0.3, -0.25) is 9.19 Å². The third kappa shape index (κ3) is 3.47. The molecule has 2 heterocycles. The highest BCUT2D eigenvalue weighted by Gasteiger charge is 2.16. The van der Waals surface area contributed by atoms with Crippen molar-refractivity contribution >= 4 is 16.6 Å². The highest BCUT2D eigenvalue weighted by atomic mass is 32.2. The lowest BCUT2D eigenvalue weighted by Crippen LogP contribution is -2.38. The molecule has 0 unspecified atom stereocenters. The molecule has 0 aromatic carbocycles. The summed E-state index contributed by atoms with van der Waals surface area (Å²) in [5, 5.41) is 3.21. The van der Waals surface area contributed by atoms with E-state index in [0.29, 0.717) is 0 Å². The zero-order valence-corrected chi connectivity index (χ0v) is 10.9. The van der Waals surface area contributed by atoms with Crippen molar-refractivity contribution in [3.05, 3.63) is 18.1 Å². The van der Waals surface area contributed by atoms with E-state index in [-0.39, 0.29) is 0 Å². The van der Waals surface area contributed by atoms with Gasteiger partial charge >= 0.3 is 0 Å². The summed E-state index contributed by atoms with van der Waals surface area (Å²) in [6.07, 6.45) is 3.62. The number of nitrogens with one attached hydrogen (secondary N) is 1. The summed E-state index contributed by atoms with van der Waals surface area (Å²) in [5.41, 5.74) is 0.955. The summed E-state index contributed by atoms with van der Waals surface area (Å²) in [6, 6.07) is 0. The van der Waals surface area contributed by atoms with Crippen LogP contribution in [0.5, 0.6) is 0 Å². The first kappa shape index (κ1) is 12.4. The van der Waals surface area contributed by atoms with Gasteiger partial charge in [0, 0.05) is 41.9 Å². The Morgan fingerprint density at radius 1 is 1.35 bits per heavy atom. The number of aromatic nitrogens is 2. The zero-order chi connectivity index (χ0) is 12.1. The van der Waals surface area contributed by atoms with Crippen LogP contribution in [0.15, 0.2) is 12.4 Å². The summed E-state index contributed by atoms with van der Waals surface area (Å²) in [6.45, 7) is 5.38. The molecule has 1 aliphatic rings.